The SMILES string of the molecule is CCCNC(CC1CCCO1)c1cc(Br)ccc1Br. The Morgan fingerprint density at radius 2 is 2.26 bits per heavy atom. The van der Waals surface area contributed by atoms with Gasteiger partial charge in [-0.3, -0.25) is 0 Å². The summed E-state index contributed by atoms with van der Waals surface area (Å²) in [6.07, 6.45) is 4.99. The van der Waals surface area contributed by atoms with Crippen LogP contribution in [0.5, 0.6) is 0 Å². The molecule has 1 aromatic carbocycles. The summed E-state index contributed by atoms with van der Waals surface area (Å²) in [6, 6.07) is 6.73. The van der Waals surface area contributed by atoms with Crippen molar-refractivity contribution in [1.82, 2.24) is 5.32 Å². The number of benzene rings is 1. The molecule has 1 aromatic rings. The van der Waals surface area contributed by atoms with Crippen LogP contribution in [0.15, 0.2) is 27.1 Å². The molecule has 1 saturated heterocycles. The van der Waals surface area contributed by atoms with Crippen LogP contribution in [-0.4, -0.2) is 19.3 Å². The molecule has 1 fully saturated rings. The summed E-state index contributed by atoms with van der Waals surface area (Å²) < 4.78 is 8.08. The number of rotatable bonds is 6. The second kappa shape index (κ2) is 7.77. The highest BCUT2D eigenvalue weighted by Crippen LogP contribution is 2.31. The van der Waals surface area contributed by atoms with Crippen molar-refractivity contribution in [3.63, 3.8) is 0 Å². The number of halogens is 2. The van der Waals surface area contributed by atoms with Gasteiger partial charge in [-0.2, -0.15) is 0 Å². The maximum atomic E-state index is 5.79. The smallest absolute Gasteiger partial charge is 0.0594 e. The lowest BCUT2D eigenvalue weighted by atomic mass is 9.99. The van der Waals surface area contributed by atoms with Crippen LogP contribution in [0.25, 0.3) is 0 Å². The van der Waals surface area contributed by atoms with Crippen molar-refractivity contribution in [2.24, 2.45) is 0 Å². The molecular weight excluding hydrogens is 370 g/mol. The van der Waals surface area contributed by atoms with Crippen LogP contribution in [0.4, 0.5) is 0 Å². The molecule has 0 radical (unpaired) electrons. The van der Waals surface area contributed by atoms with Gasteiger partial charge in [-0.1, -0.05) is 38.8 Å². The van der Waals surface area contributed by atoms with Crippen LogP contribution in [0.1, 0.15) is 44.2 Å². The monoisotopic (exact) mass is 389 g/mol. The van der Waals surface area contributed by atoms with E-state index < -0.39 is 0 Å². The van der Waals surface area contributed by atoms with E-state index in [-0.39, 0.29) is 0 Å². The summed E-state index contributed by atoms with van der Waals surface area (Å²) in [4.78, 5) is 0. The average Bonchev–Trinajstić information content (AvgIpc) is 2.90. The van der Waals surface area contributed by atoms with Crippen molar-refractivity contribution in [1.29, 1.82) is 0 Å². The van der Waals surface area contributed by atoms with Crippen LogP contribution >= 0.6 is 31.9 Å². The first-order chi connectivity index (χ1) is 9.20. The topological polar surface area (TPSA) is 21.3 Å². The molecule has 0 spiro atoms. The fourth-order valence-electron chi connectivity index (χ4n) is 2.51. The van der Waals surface area contributed by atoms with Crippen LogP contribution in [-0.2, 0) is 4.74 Å². The van der Waals surface area contributed by atoms with Gasteiger partial charge in [0.1, 0.15) is 0 Å². The van der Waals surface area contributed by atoms with E-state index in [0.29, 0.717) is 12.1 Å². The van der Waals surface area contributed by atoms with Gasteiger partial charge in [0.15, 0.2) is 0 Å². The summed E-state index contributed by atoms with van der Waals surface area (Å²) in [6.45, 7) is 4.16. The van der Waals surface area contributed by atoms with Crippen molar-refractivity contribution in [3.8, 4) is 0 Å². The summed E-state index contributed by atoms with van der Waals surface area (Å²) in [5, 5.41) is 3.65. The molecule has 0 bridgehead atoms. The van der Waals surface area contributed by atoms with E-state index >= 15 is 0 Å². The Kier molecular flexibility index (Phi) is 6.33. The molecule has 19 heavy (non-hydrogen) atoms. The highest BCUT2D eigenvalue weighted by atomic mass is 79.9. The van der Waals surface area contributed by atoms with Crippen LogP contribution < -0.4 is 5.32 Å². The summed E-state index contributed by atoms with van der Waals surface area (Å²) >= 11 is 7.24. The molecule has 4 heteroatoms. The third-order valence-corrected chi connectivity index (χ3v) is 4.71. The minimum absolute atomic E-state index is 0.356. The van der Waals surface area contributed by atoms with Gasteiger partial charge in [0, 0.05) is 21.6 Å². The first-order valence-electron chi connectivity index (χ1n) is 7.00. The zero-order valence-corrected chi connectivity index (χ0v) is 14.5. The van der Waals surface area contributed by atoms with Crippen molar-refractivity contribution < 1.29 is 4.74 Å². The Balaban J connectivity index is 2.12. The first-order valence-corrected chi connectivity index (χ1v) is 8.59. The van der Waals surface area contributed by atoms with E-state index in [1.54, 1.807) is 0 Å². The maximum Gasteiger partial charge on any atom is 0.0594 e. The second-order valence-electron chi connectivity index (χ2n) is 5.04. The van der Waals surface area contributed by atoms with E-state index in [4.69, 9.17) is 4.74 Å². The molecule has 2 atom stereocenters. The van der Waals surface area contributed by atoms with E-state index in [0.717, 1.165) is 30.5 Å². The maximum absolute atomic E-state index is 5.79. The Morgan fingerprint density at radius 1 is 1.42 bits per heavy atom. The second-order valence-corrected chi connectivity index (χ2v) is 6.81. The molecule has 0 saturated carbocycles. The molecule has 1 aliphatic heterocycles. The van der Waals surface area contributed by atoms with Crippen molar-refractivity contribution in [2.75, 3.05) is 13.2 Å². The van der Waals surface area contributed by atoms with Gasteiger partial charge in [-0.25, -0.2) is 0 Å². The summed E-state index contributed by atoms with van der Waals surface area (Å²) in [5.41, 5.74) is 1.32. The highest BCUT2D eigenvalue weighted by molar-refractivity contribution is 9.11. The lowest BCUT2D eigenvalue weighted by molar-refractivity contribution is 0.0945. The lowest BCUT2D eigenvalue weighted by Gasteiger charge is -2.23. The minimum Gasteiger partial charge on any atom is -0.378 e. The molecule has 2 rings (SSSR count). The zero-order chi connectivity index (χ0) is 13.7. The van der Waals surface area contributed by atoms with Gasteiger partial charge >= 0.3 is 0 Å². The van der Waals surface area contributed by atoms with Gasteiger partial charge in [0.05, 0.1) is 6.10 Å². The van der Waals surface area contributed by atoms with Crippen molar-refractivity contribution >= 4 is 31.9 Å². The first kappa shape index (κ1) is 15.5. The molecule has 0 aliphatic carbocycles. The summed E-state index contributed by atoms with van der Waals surface area (Å²) in [5.74, 6) is 0. The number of hydrogen-bond acceptors (Lipinski definition) is 2. The average molecular weight is 391 g/mol. The van der Waals surface area contributed by atoms with E-state index in [2.05, 4.69) is 62.3 Å². The molecule has 1 aliphatic rings. The predicted molar refractivity (Wildman–Crippen MR) is 86.5 cm³/mol. The summed E-state index contributed by atoms with van der Waals surface area (Å²) in [7, 11) is 0. The Labute approximate surface area is 132 Å². The van der Waals surface area contributed by atoms with Gasteiger partial charge < -0.3 is 10.1 Å². The molecule has 2 unspecified atom stereocenters. The van der Waals surface area contributed by atoms with E-state index in [1.165, 1.54) is 22.9 Å². The molecule has 1 heterocycles. The fourth-order valence-corrected chi connectivity index (χ4v) is 3.42. The van der Waals surface area contributed by atoms with Crippen LogP contribution in [0.3, 0.4) is 0 Å². The largest absolute Gasteiger partial charge is 0.378 e. The molecule has 2 nitrogen and oxygen atoms in total. The zero-order valence-electron chi connectivity index (χ0n) is 11.3. The third-order valence-electron chi connectivity index (χ3n) is 3.50. The fraction of sp³-hybridized carbons (Fsp3) is 0.600. The predicted octanol–water partition coefficient (Wildman–Crippen LogP) is 4.82. The molecular formula is C15H21Br2NO. The third kappa shape index (κ3) is 4.55. The molecule has 1 N–H and O–H groups in total. The highest BCUT2D eigenvalue weighted by Gasteiger charge is 2.23. The quantitative estimate of drug-likeness (QED) is 0.751. The Bertz CT molecular complexity index is 405. The van der Waals surface area contributed by atoms with Crippen LogP contribution in [0, 0.1) is 0 Å². The van der Waals surface area contributed by atoms with E-state index in [1.807, 2.05) is 0 Å². The van der Waals surface area contributed by atoms with E-state index in [9.17, 15) is 0 Å². The molecule has 0 aromatic heterocycles. The lowest BCUT2D eigenvalue weighted by Crippen LogP contribution is -2.26. The van der Waals surface area contributed by atoms with Gasteiger partial charge in [0.2, 0.25) is 0 Å². The van der Waals surface area contributed by atoms with Gasteiger partial charge in [-0.05, 0) is 56.0 Å². The molecule has 0 amide bonds. The number of nitrogens with one attached hydrogen (secondary N) is 1. The van der Waals surface area contributed by atoms with Crippen LogP contribution in [0.2, 0.25) is 0 Å². The van der Waals surface area contributed by atoms with Crippen molar-refractivity contribution in [2.45, 2.75) is 44.8 Å². The van der Waals surface area contributed by atoms with Gasteiger partial charge in [-0.15, -0.1) is 0 Å². The normalized spacial score (nSPS) is 20.7. The van der Waals surface area contributed by atoms with Gasteiger partial charge in [0.25, 0.3) is 0 Å². The molecule has 106 valence electrons. The van der Waals surface area contributed by atoms with Crippen molar-refractivity contribution in [3.05, 3.63) is 32.7 Å². The number of hydrogen-bond donors (Lipinski definition) is 1. The Morgan fingerprint density at radius 3 is 2.95 bits per heavy atom. The Hall–Kier alpha value is 0.1000. The number of ether oxygens (including phenoxy) is 1. The standard InChI is InChI=1S/C15H21Br2NO/c1-2-7-18-15(10-12-4-3-8-19-12)13-9-11(16)5-6-14(13)17/h5-6,9,12,15,18H,2-4,7-8,10H2,1H3. The minimum atomic E-state index is 0.356.